The summed E-state index contributed by atoms with van der Waals surface area (Å²) in [5.74, 6) is 0. The van der Waals surface area contributed by atoms with E-state index in [1.165, 1.54) is 38.6 Å². The van der Waals surface area contributed by atoms with Gasteiger partial charge in [0.25, 0.3) is 0 Å². The third-order valence-electron chi connectivity index (χ3n) is 2.83. The first-order chi connectivity index (χ1) is 6.93. The van der Waals surface area contributed by atoms with E-state index in [0.29, 0.717) is 0 Å². The van der Waals surface area contributed by atoms with Crippen molar-refractivity contribution in [2.45, 2.75) is 38.5 Å². The highest BCUT2D eigenvalue weighted by Gasteiger charge is 2.08. The van der Waals surface area contributed by atoms with Gasteiger partial charge in [-0.1, -0.05) is 39.0 Å². The highest BCUT2D eigenvalue weighted by Crippen LogP contribution is 2.06. The first kappa shape index (κ1) is 12.0. The Morgan fingerprint density at radius 2 is 1.57 bits per heavy atom. The van der Waals surface area contributed by atoms with Gasteiger partial charge in [-0.15, -0.1) is 0 Å². The van der Waals surface area contributed by atoms with Crippen LogP contribution in [0.1, 0.15) is 38.5 Å². The van der Waals surface area contributed by atoms with Crippen LogP contribution >= 0.6 is 0 Å². The zero-order chi connectivity index (χ0) is 10.1. The number of hydrogen-bond acceptors (Lipinski definition) is 2. The second kappa shape index (κ2) is 8.25. The fourth-order valence-corrected chi connectivity index (χ4v) is 1.87. The van der Waals surface area contributed by atoms with Gasteiger partial charge < -0.3 is 4.74 Å². The summed E-state index contributed by atoms with van der Waals surface area (Å²) in [6.07, 6.45) is 7.90. The summed E-state index contributed by atoms with van der Waals surface area (Å²) in [5, 5.41) is 0. The molecule has 1 aliphatic rings. The van der Waals surface area contributed by atoms with E-state index in [4.69, 9.17) is 4.74 Å². The van der Waals surface area contributed by atoms with Gasteiger partial charge in [-0.2, -0.15) is 0 Å². The van der Waals surface area contributed by atoms with Crippen LogP contribution in [0, 0.1) is 6.92 Å². The molecular formula is C12H24NO. The van der Waals surface area contributed by atoms with E-state index < -0.39 is 0 Å². The minimum Gasteiger partial charge on any atom is -0.379 e. The lowest BCUT2D eigenvalue weighted by atomic mass is 10.1. The van der Waals surface area contributed by atoms with Crippen LogP contribution in [0.15, 0.2) is 0 Å². The van der Waals surface area contributed by atoms with Gasteiger partial charge in [0.2, 0.25) is 0 Å². The molecule has 1 aliphatic heterocycles. The lowest BCUT2D eigenvalue weighted by Gasteiger charge is -2.26. The van der Waals surface area contributed by atoms with Crippen LogP contribution in [0.2, 0.25) is 0 Å². The molecule has 2 nitrogen and oxygen atoms in total. The van der Waals surface area contributed by atoms with Crippen LogP contribution in [0.25, 0.3) is 0 Å². The predicted molar refractivity (Wildman–Crippen MR) is 60.3 cm³/mol. The Bertz CT molecular complexity index is 121. The highest BCUT2D eigenvalue weighted by atomic mass is 16.5. The zero-order valence-electron chi connectivity index (χ0n) is 9.34. The van der Waals surface area contributed by atoms with Crippen LogP contribution in [0.4, 0.5) is 0 Å². The van der Waals surface area contributed by atoms with Crippen molar-refractivity contribution in [1.82, 2.24) is 4.90 Å². The molecule has 0 atom stereocenters. The molecule has 83 valence electrons. The molecule has 0 unspecified atom stereocenters. The number of rotatable bonds is 7. The summed E-state index contributed by atoms with van der Waals surface area (Å²) >= 11 is 0. The molecular weight excluding hydrogens is 174 g/mol. The molecule has 0 N–H and O–H groups in total. The Labute approximate surface area is 88.6 Å². The van der Waals surface area contributed by atoms with Crippen molar-refractivity contribution >= 4 is 0 Å². The van der Waals surface area contributed by atoms with Crippen molar-refractivity contribution in [1.29, 1.82) is 0 Å². The first-order valence-electron chi connectivity index (χ1n) is 6.03. The second-order valence-corrected chi connectivity index (χ2v) is 4.08. The van der Waals surface area contributed by atoms with E-state index in [1.807, 2.05) is 0 Å². The van der Waals surface area contributed by atoms with Gasteiger partial charge in [-0.3, -0.25) is 4.90 Å². The fourth-order valence-electron chi connectivity index (χ4n) is 1.87. The van der Waals surface area contributed by atoms with Gasteiger partial charge >= 0.3 is 0 Å². The monoisotopic (exact) mass is 198 g/mol. The van der Waals surface area contributed by atoms with E-state index in [0.717, 1.165) is 32.7 Å². The van der Waals surface area contributed by atoms with E-state index >= 15 is 0 Å². The van der Waals surface area contributed by atoms with Crippen LogP contribution in [-0.4, -0.2) is 37.7 Å². The number of hydrogen-bond donors (Lipinski definition) is 0. The molecule has 0 aromatic heterocycles. The number of unbranched alkanes of at least 4 members (excludes halogenated alkanes) is 5. The van der Waals surface area contributed by atoms with Gasteiger partial charge in [-0.25, -0.2) is 0 Å². The standard InChI is InChI=1S/C12H24NO/c1-2-3-4-5-6-7-8-13-9-11-14-12-10-13/h1-12H2. The van der Waals surface area contributed by atoms with Crippen LogP contribution < -0.4 is 0 Å². The fraction of sp³-hybridized carbons (Fsp3) is 0.917. The maximum absolute atomic E-state index is 5.31. The number of ether oxygens (including phenoxy) is 1. The van der Waals surface area contributed by atoms with E-state index in [-0.39, 0.29) is 0 Å². The zero-order valence-corrected chi connectivity index (χ0v) is 9.34. The third kappa shape index (κ3) is 5.61. The number of morpholine rings is 1. The summed E-state index contributed by atoms with van der Waals surface area (Å²) in [6, 6.07) is 0. The highest BCUT2D eigenvalue weighted by molar-refractivity contribution is 4.61. The van der Waals surface area contributed by atoms with Crippen molar-refractivity contribution in [2.24, 2.45) is 0 Å². The molecule has 1 saturated heterocycles. The molecule has 0 amide bonds. The molecule has 1 rings (SSSR count). The molecule has 0 aromatic carbocycles. The Morgan fingerprint density at radius 1 is 0.929 bits per heavy atom. The van der Waals surface area contributed by atoms with Gasteiger partial charge in [0.15, 0.2) is 0 Å². The second-order valence-electron chi connectivity index (χ2n) is 4.08. The van der Waals surface area contributed by atoms with Crippen molar-refractivity contribution < 1.29 is 4.74 Å². The van der Waals surface area contributed by atoms with E-state index in [2.05, 4.69) is 11.8 Å². The average molecular weight is 198 g/mol. The van der Waals surface area contributed by atoms with E-state index in [9.17, 15) is 0 Å². The summed E-state index contributed by atoms with van der Waals surface area (Å²) in [4.78, 5) is 2.52. The molecule has 1 radical (unpaired) electrons. The largest absolute Gasteiger partial charge is 0.379 e. The maximum Gasteiger partial charge on any atom is 0.0594 e. The summed E-state index contributed by atoms with van der Waals surface area (Å²) < 4.78 is 5.31. The topological polar surface area (TPSA) is 12.5 Å². The normalized spacial score (nSPS) is 18.6. The Hall–Kier alpha value is -0.0800. The van der Waals surface area contributed by atoms with Gasteiger partial charge in [0.1, 0.15) is 0 Å². The summed E-state index contributed by atoms with van der Waals surface area (Å²) in [7, 11) is 0. The average Bonchev–Trinajstić information content (AvgIpc) is 2.25. The predicted octanol–water partition coefficient (Wildman–Crippen LogP) is 2.49. The quantitative estimate of drug-likeness (QED) is 0.583. The SMILES string of the molecule is [CH2]CCCCCCCN1CCOCC1. The summed E-state index contributed by atoms with van der Waals surface area (Å²) in [6.45, 7) is 9.27. The summed E-state index contributed by atoms with van der Waals surface area (Å²) in [5.41, 5.74) is 0. The van der Waals surface area contributed by atoms with Crippen LogP contribution in [-0.2, 0) is 4.74 Å². The molecule has 1 fully saturated rings. The number of nitrogens with zero attached hydrogens (tertiary/aromatic N) is 1. The van der Waals surface area contributed by atoms with Gasteiger partial charge in [0.05, 0.1) is 13.2 Å². The Kier molecular flexibility index (Phi) is 7.06. The lowest BCUT2D eigenvalue weighted by molar-refractivity contribution is 0.0371. The van der Waals surface area contributed by atoms with Crippen molar-refractivity contribution in [2.75, 3.05) is 32.8 Å². The van der Waals surface area contributed by atoms with Crippen LogP contribution in [0.5, 0.6) is 0 Å². The lowest BCUT2D eigenvalue weighted by Crippen LogP contribution is -2.36. The molecule has 14 heavy (non-hydrogen) atoms. The Balaban J connectivity index is 1.82. The van der Waals surface area contributed by atoms with Crippen molar-refractivity contribution in [3.8, 4) is 0 Å². The Morgan fingerprint density at radius 3 is 2.29 bits per heavy atom. The van der Waals surface area contributed by atoms with Gasteiger partial charge in [-0.05, 0) is 13.0 Å². The molecule has 0 saturated carbocycles. The third-order valence-corrected chi connectivity index (χ3v) is 2.83. The van der Waals surface area contributed by atoms with Crippen molar-refractivity contribution in [3.05, 3.63) is 6.92 Å². The van der Waals surface area contributed by atoms with Crippen molar-refractivity contribution in [3.63, 3.8) is 0 Å². The smallest absolute Gasteiger partial charge is 0.0594 e. The molecule has 2 heteroatoms. The minimum atomic E-state index is 0.932. The maximum atomic E-state index is 5.31. The van der Waals surface area contributed by atoms with E-state index in [1.54, 1.807) is 0 Å². The molecule has 0 bridgehead atoms. The molecule has 0 spiro atoms. The minimum absolute atomic E-state index is 0.932. The molecule has 0 aromatic rings. The first-order valence-corrected chi connectivity index (χ1v) is 6.03. The molecule has 1 heterocycles. The van der Waals surface area contributed by atoms with Crippen LogP contribution in [0.3, 0.4) is 0 Å². The molecule has 0 aliphatic carbocycles. The van der Waals surface area contributed by atoms with Gasteiger partial charge in [0, 0.05) is 13.1 Å².